The fraction of sp³-hybridized carbons (Fsp3) is 0.789. The molecular weight excluding hydrogens is 274 g/mol. The second kappa shape index (κ2) is 6.83. The molecule has 2 aliphatic rings. The first kappa shape index (κ1) is 15.6. The molecule has 118 valence electrons. The topological polar surface area (TPSA) is 12.0 Å². The van der Waals surface area contributed by atoms with Gasteiger partial charge in [0, 0.05) is 16.8 Å². The number of hydrogen-bond donors (Lipinski definition) is 1. The van der Waals surface area contributed by atoms with Gasteiger partial charge >= 0.3 is 0 Å². The molecule has 0 aromatic carbocycles. The molecule has 1 saturated carbocycles. The first-order chi connectivity index (χ1) is 10.2. The van der Waals surface area contributed by atoms with Crippen LogP contribution in [0.4, 0.5) is 0 Å². The van der Waals surface area contributed by atoms with Crippen LogP contribution in [0.25, 0.3) is 0 Å². The van der Waals surface area contributed by atoms with Crippen molar-refractivity contribution in [2.75, 3.05) is 6.54 Å². The van der Waals surface area contributed by atoms with Crippen LogP contribution in [0.2, 0.25) is 0 Å². The Morgan fingerprint density at radius 1 is 1.24 bits per heavy atom. The molecule has 1 fully saturated rings. The molecule has 4 atom stereocenters. The van der Waals surface area contributed by atoms with E-state index in [1.165, 1.54) is 38.5 Å². The minimum Gasteiger partial charge on any atom is -0.313 e. The molecule has 0 spiro atoms. The third-order valence-corrected chi connectivity index (χ3v) is 6.69. The zero-order valence-electron chi connectivity index (χ0n) is 13.9. The summed E-state index contributed by atoms with van der Waals surface area (Å²) < 4.78 is 0. The van der Waals surface area contributed by atoms with Gasteiger partial charge in [0.05, 0.1) is 0 Å². The largest absolute Gasteiger partial charge is 0.313 e. The van der Waals surface area contributed by atoms with Gasteiger partial charge in [-0.15, -0.1) is 11.3 Å². The van der Waals surface area contributed by atoms with Gasteiger partial charge in [-0.05, 0) is 79.8 Å². The van der Waals surface area contributed by atoms with Gasteiger partial charge in [-0.1, -0.05) is 20.8 Å². The minimum atomic E-state index is 0.703. The molecule has 0 amide bonds. The fourth-order valence-corrected chi connectivity index (χ4v) is 6.07. The quantitative estimate of drug-likeness (QED) is 0.804. The first-order valence-corrected chi connectivity index (χ1v) is 9.86. The van der Waals surface area contributed by atoms with Gasteiger partial charge < -0.3 is 5.32 Å². The summed E-state index contributed by atoms with van der Waals surface area (Å²) in [6.07, 6.45) is 8.39. The zero-order chi connectivity index (χ0) is 14.8. The van der Waals surface area contributed by atoms with E-state index in [4.69, 9.17) is 0 Å². The number of thiophene rings is 1. The fourth-order valence-electron chi connectivity index (χ4n) is 5.07. The number of fused-ring (bicyclic) bond motifs is 1. The van der Waals surface area contributed by atoms with Gasteiger partial charge in [0.2, 0.25) is 0 Å². The third-order valence-electron chi connectivity index (χ3n) is 5.69. The molecule has 1 aromatic rings. The average Bonchev–Trinajstić information content (AvgIpc) is 2.92. The Bertz CT molecular complexity index is 442. The summed E-state index contributed by atoms with van der Waals surface area (Å²) in [6.45, 7) is 8.31. The van der Waals surface area contributed by atoms with Crippen LogP contribution in [0.1, 0.15) is 69.2 Å². The Morgan fingerprint density at radius 2 is 2.00 bits per heavy atom. The van der Waals surface area contributed by atoms with Gasteiger partial charge in [-0.2, -0.15) is 0 Å². The van der Waals surface area contributed by atoms with E-state index in [9.17, 15) is 0 Å². The van der Waals surface area contributed by atoms with E-state index < -0.39 is 0 Å². The van der Waals surface area contributed by atoms with Crippen molar-refractivity contribution < 1.29 is 0 Å². The molecule has 21 heavy (non-hydrogen) atoms. The monoisotopic (exact) mass is 305 g/mol. The lowest BCUT2D eigenvalue weighted by atomic mass is 9.68. The Balaban J connectivity index is 1.82. The van der Waals surface area contributed by atoms with Gasteiger partial charge in [0.1, 0.15) is 0 Å². The molecular formula is C19H31NS. The smallest absolute Gasteiger partial charge is 0.0164 e. The van der Waals surface area contributed by atoms with Crippen LogP contribution in [-0.2, 0) is 6.42 Å². The van der Waals surface area contributed by atoms with Crippen LogP contribution in [0.15, 0.2) is 11.4 Å². The first-order valence-electron chi connectivity index (χ1n) is 8.98. The van der Waals surface area contributed by atoms with Crippen LogP contribution in [0.3, 0.4) is 0 Å². The molecule has 2 heteroatoms. The number of likely N-dealkylation sites (N-methyl/N-ethyl adjacent to an activating group) is 1. The summed E-state index contributed by atoms with van der Waals surface area (Å²) in [5.41, 5.74) is 1.68. The standard InChI is InChI=1S/C19H31NS/c1-4-20-19(15-11-13(2)10-14(3)12-15)17-6-5-7-18-16(17)8-9-21-18/h8-9,13-15,17,19-20H,4-7,10-12H2,1-3H3. The molecule has 4 unspecified atom stereocenters. The lowest BCUT2D eigenvalue weighted by Gasteiger charge is -2.41. The normalized spacial score (nSPS) is 34.4. The molecule has 0 aliphatic heterocycles. The maximum atomic E-state index is 3.90. The zero-order valence-corrected chi connectivity index (χ0v) is 14.7. The third kappa shape index (κ3) is 3.37. The van der Waals surface area contributed by atoms with Crippen molar-refractivity contribution in [3.05, 3.63) is 21.9 Å². The average molecular weight is 306 g/mol. The van der Waals surface area contributed by atoms with Crippen molar-refractivity contribution in [3.63, 3.8) is 0 Å². The summed E-state index contributed by atoms with van der Waals surface area (Å²) in [4.78, 5) is 1.67. The predicted octanol–water partition coefficient (Wildman–Crippen LogP) is 5.22. The molecule has 3 rings (SSSR count). The Labute approximate surface area is 134 Å². The van der Waals surface area contributed by atoms with E-state index in [-0.39, 0.29) is 0 Å². The van der Waals surface area contributed by atoms with E-state index in [1.807, 2.05) is 11.3 Å². The Morgan fingerprint density at radius 3 is 2.71 bits per heavy atom. The summed E-state index contributed by atoms with van der Waals surface area (Å²) in [5, 5.41) is 6.22. The molecule has 0 saturated heterocycles. The van der Waals surface area contributed by atoms with Crippen molar-refractivity contribution in [2.24, 2.45) is 17.8 Å². The summed E-state index contributed by atoms with van der Waals surface area (Å²) in [6, 6.07) is 3.12. The Kier molecular flexibility index (Phi) is 5.06. The number of aryl methyl sites for hydroxylation is 1. The minimum absolute atomic E-state index is 0.703. The van der Waals surface area contributed by atoms with Crippen LogP contribution in [-0.4, -0.2) is 12.6 Å². The maximum absolute atomic E-state index is 3.90. The van der Waals surface area contributed by atoms with Crippen molar-refractivity contribution in [2.45, 2.75) is 71.3 Å². The van der Waals surface area contributed by atoms with Crippen molar-refractivity contribution in [1.29, 1.82) is 0 Å². The molecule has 0 bridgehead atoms. The lowest BCUT2D eigenvalue weighted by molar-refractivity contribution is 0.158. The van der Waals surface area contributed by atoms with E-state index in [1.54, 1.807) is 10.4 Å². The number of hydrogen-bond acceptors (Lipinski definition) is 2. The lowest BCUT2D eigenvalue weighted by Crippen LogP contribution is -2.44. The molecule has 1 nitrogen and oxygen atoms in total. The SMILES string of the molecule is CCNC(C1CC(C)CC(C)C1)C1CCCc2sccc21. The van der Waals surface area contributed by atoms with Gasteiger partial charge in [0.15, 0.2) is 0 Å². The molecule has 2 aliphatic carbocycles. The predicted molar refractivity (Wildman–Crippen MR) is 93.1 cm³/mol. The molecule has 1 heterocycles. The van der Waals surface area contributed by atoms with Gasteiger partial charge in [0.25, 0.3) is 0 Å². The van der Waals surface area contributed by atoms with Crippen molar-refractivity contribution in [1.82, 2.24) is 5.32 Å². The van der Waals surface area contributed by atoms with Crippen LogP contribution in [0.5, 0.6) is 0 Å². The van der Waals surface area contributed by atoms with E-state index in [0.717, 1.165) is 30.2 Å². The molecule has 1 aromatic heterocycles. The molecule has 0 radical (unpaired) electrons. The highest BCUT2D eigenvalue weighted by atomic mass is 32.1. The maximum Gasteiger partial charge on any atom is 0.0164 e. The van der Waals surface area contributed by atoms with E-state index >= 15 is 0 Å². The Hall–Kier alpha value is -0.340. The summed E-state index contributed by atoms with van der Waals surface area (Å²) in [7, 11) is 0. The highest BCUT2D eigenvalue weighted by Gasteiger charge is 2.36. The van der Waals surface area contributed by atoms with Crippen molar-refractivity contribution >= 4 is 11.3 Å². The highest BCUT2D eigenvalue weighted by molar-refractivity contribution is 7.10. The van der Waals surface area contributed by atoms with Gasteiger partial charge in [-0.3, -0.25) is 0 Å². The van der Waals surface area contributed by atoms with Crippen LogP contribution >= 0.6 is 11.3 Å². The van der Waals surface area contributed by atoms with E-state index in [2.05, 4.69) is 37.5 Å². The van der Waals surface area contributed by atoms with Crippen molar-refractivity contribution in [3.8, 4) is 0 Å². The molecule has 1 N–H and O–H groups in total. The highest BCUT2D eigenvalue weighted by Crippen LogP contribution is 2.43. The van der Waals surface area contributed by atoms with E-state index in [0.29, 0.717) is 6.04 Å². The second-order valence-electron chi connectivity index (χ2n) is 7.56. The number of nitrogens with one attached hydrogen (secondary N) is 1. The summed E-state index contributed by atoms with van der Waals surface area (Å²) >= 11 is 1.98. The van der Waals surface area contributed by atoms with Crippen LogP contribution < -0.4 is 5.32 Å². The van der Waals surface area contributed by atoms with Gasteiger partial charge in [-0.25, -0.2) is 0 Å². The summed E-state index contributed by atoms with van der Waals surface area (Å²) in [5.74, 6) is 3.46. The second-order valence-corrected chi connectivity index (χ2v) is 8.56. The van der Waals surface area contributed by atoms with Crippen LogP contribution in [0, 0.1) is 17.8 Å². The number of rotatable bonds is 4.